The SMILES string of the molecule is CC.CC.CCOc1ccc2c(Cc3cc(OC)c(OCC)c(OC)c3)cncc2c1OS(=O)(=O)C(F)(F)F. The van der Waals surface area contributed by atoms with Crippen molar-refractivity contribution in [2.75, 3.05) is 27.4 Å². The summed E-state index contributed by atoms with van der Waals surface area (Å²) in [4.78, 5) is 4.10. The van der Waals surface area contributed by atoms with E-state index in [1.165, 1.54) is 32.7 Å². The molecular formula is C27H36F3NO7S. The number of aromatic nitrogens is 1. The van der Waals surface area contributed by atoms with Crippen LogP contribution >= 0.6 is 0 Å². The van der Waals surface area contributed by atoms with Crippen LogP contribution in [0.25, 0.3) is 10.8 Å². The first-order valence-corrected chi connectivity index (χ1v) is 13.9. The third-order valence-electron chi connectivity index (χ3n) is 4.92. The largest absolute Gasteiger partial charge is 0.534 e. The molecule has 0 saturated carbocycles. The number of hydrogen-bond donors (Lipinski definition) is 0. The Morgan fingerprint density at radius 3 is 1.85 bits per heavy atom. The fourth-order valence-corrected chi connectivity index (χ4v) is 3.94. The molecule has 0 atom stereocenters. The summed E-state index contributed by atoms with van der Waals surface area (Å²) in [6.07, 6.45) is 3.02. The third-order valence-corrected chi connectivity index (χ3v) is 5.87. The summed E-state index contributed by atoms with van der Waals surface area (Å²) < 4.78 is 88.9. The van der Waals surface area contributed by atoms with Crippen LogP contribution in [0.15, 0.2) is 36.7 Å². The van der Waals surface area contributed by atoms with E-state index < -0.39 is 21.4 Å². The molecule has 0 aliphatic heterocycles. The summed E-state index contributed by atoms with van der Waals surface area (Å²) in [7, 11) is -2.96. The highest BCUT2D eigenvalue weighted by Gasteiger charge is 2.49. The molecule has 8 nitrogen and oxygen atoms in total. The molecular weight excluding hydrogens is 539 g/mol. The maximum atomic E-state index is 13.0. The molecule has 0 aliphatic rings. The van der Waals surface area contributed by atoms with Crippen LogP contribution < -0.4 is 23.1 Å². The monoisotopic (exact) mass is 575 g/mol. The van der Waals surface area contributed by atoms with Gasteiger partial charge in [-0.15, -0.1) is 0 Å². The lowest BCUT2D eigenvalue weighted by Gasteiger charge is -2.17. The second-order valence-electron chi connectivity index (χ2n) is 7.14. The molecule has 39 heavy (non-hydrogen) atoms. The number of fused-ring (bicyclic) bond motifs is 1. The summed E-state index contributed by atoms with van der Waals surface area (Å²) >= 11 is 0. The van der Waals surface area contributed by atoms with Crippen LogP contribution in [0.1, 0.15) is 52.7 Å². The Balaban J connectivity index is 0.00000181. The Morgan fingerprint density at radius 2 is 1.36 bits per heavy atom. The molecule has 0 bridgehead atoms. The fourth-order valence-electron chi connectivity index (χ4n) is 3.45. The molecule has 0 aliphatic carbocycles. The van der Waals surface area contributed by atoms with Crippen molar-refractivity contribution < 1.29 is 44.7 Å². The van der Waals surface area contributed by atoms with E-state index in [4.69, 9.17) is 18.9 Å². The second-order valence-corrected chi connectivity index (χ2v) is 8.68. The average Bonchev–Trinajstić information content (AvgIpc) is 2.92. The second kappa shape index (κ2) is 15.2. The lowest BCUT2D eigenvalue weighted by Crippen LogP contribution is -2.28. The number of benzene rings is 2. The number of nitrogens with zero attached hydrogens (tertiary/aromatic N) is 1. The Morgan fingerprint density at radius 1 is 0.795 bits per heavy atom. The van der Waals surface area contributed by atoms with Gasteiger partial charge in [0, 0.05) is 17.8 Å². The summed E-state index contributed by atoms with van der Waals surface area (Å²) in [5.41, 5.74) is -4.29. The first-order valence-electron chi connectivity index (χ1n) is 12.5. The molecule has 12 heteroatoms. The number of halogens is 3. The Bertz CT molecular complexity index is 1290. The molecule has 0 radical (unpaired) electrons. The summed E-state index contributed by atoms with van der Waals surface area (Å²) in [6, 6.07) is 6.45. The van der Waals surface area contributed by atoms with Crippen molar-refractivity contribution in [3.8, 4) is 28.7 Å². The quantitative estimate of drug-likeness (QED) is 0.190. The highest BCUT2D eigenvalue weighted by atomic mass is 32.2. The minimum Gasteiger partial charge on any atom is -0.493 e. The molecule has 1 aromatic heterocycles. The van der Waals surface area contributed by atoms with Gasteiger partial charge in [-0.3, -0.25) is 4.98 Å². The highest BCUT2D eigenvalue weighted by molar-refractivity contribution is 7.88. The van der Waals surface area contributed by atoms with Crippen LogP contribution in [0.5, 0.6) is 28.7 Å². The van der Waals surface area contributed by atoms with Gasteiger partial charge in [0.25, 0.3) is 0 Å². The minimum atomic E-state index is -5.94. The van der Waals surface area contributed by atoms with E-state index in [1.54, 1.807) is 25.1 Å². The van der Waals surface area contributed by atoms with E-state index in [0.29, 0.717) is 34.8 Å². The zero-order valence-corrected chi connectivity index (χ0v) is 24.2. The van der Waals surface area contributed by atoms with Gasteiger partial charge in [0.05, 0.1) is 27.4 Å². The van der Waals surface area contributed by atoms with Gasteiger partial charge in [0.15, 0.2) is 23.0 Å². The van der Waals surface area contributed by atoms with E-state index in [-0.39, 0.29) is 24.2 Å². The molecule has 1 heterocycles. The van der Waals surface area contributed by atoms with Crippen molar-refractivity contribution in [3.05, 3.63) is 47.8 Å². The minimum absolute atomic E-state index is 0.0474. The van der Waals surface area contributed by atoms with Gasteiger partial charge in [0.2, 0.25) is 5.75 Å². The summed E-state index contributed by atoms with van der Waals surface area (Å²) in [5.74, 6) is 0.572. The van der Waals surface area contributed by atoms with Crippen LogP contribution in [0.3, 0.4) is 0 Å². The molecule has 3 aromatic rings. The van der Waals surface area contributed by atoms with Crippen molar-refractivity contribution in [2.45, 2.75) is 53.5 Å². The molecule has 0 unspecified atom stereocenters. The van der Waals surface area contributed by atoms with E-state index in [9.17, 15) is 21.6 Å². The van der Waals surface area contributed by atoms with Crippen molar-refractivity contribution >= 4 is 20.9 Å². The predicted octanol–water partition coefficient (Wildman–Crippen LogP) is 6.92. The van der Waals surface area contributed by atoms with Gasteiger partial charge in [-0.2, -0.15) is 21.6 Å². The van der Waals surface area contributed by atoms with Gasteiger partial charge >= 0.3 is 15.6 Å². The molecule has 0 spiro atoms. The van der Waals surface area contributed by atoms with Gasteiger partial charge in [-0.05, 0) is 55.0 Å². The molecule has 2 aromatic carbocycles. The number of pyridine rings is 1. The standard InChI is InChI=1S/C23H24F3NO7S.2C2H6/c1-5-32-18-8-7-16-15(9-14-10-19(30-3)22(33-6-2)20(11-14)31-4)12-27-13-17(16)21(18)34-35(28,29)23(24,25)26;2*1-2/h7-8,10-13H,5-6,9H2,1-4H3;2*1-2H3. The van der Waals surface area contributed by atoms with Crippen molar-refractivity contribution in [2.24, 2.45) is 0 Å². The Labute approximate surface area is 228 Å². The normalized spacial score (nSPS) is 10.9. The first kappa shape index (κ1) is 33.6. The first-order chi connectivity index (χ1) is 18.6. The number of methoxy groups -OCH3 is 2. The number of hydrogen-bond acceptors (Lipinski definition) is 8. The topological polar surface area (TPSA) is 93.2 Å². The van der Waals surface area contributed by atoms with Gasteiger partial charge in [0.1, 0.15) is 0 Å². The maximum Gasteiger partial charge on any atom is 0.534 e. The fraction of sp³-hybridized carbons (Fsp3) is 0.444. The smallest absolute Gasteiger partial charge is 0.493 e. The van der Waals surface area contributed by atoms with Crippen molar-refractivity contribution in [3.63, 3.8) is 0 Å². The summed E-state index contributed by atoms with van der Waals surface area (Å²) in [5, 5.41) is 0.480. The Hall–Kier alpha value is -3.41. The Kier molecular flexibility index (Phi) is 13.1. The zero-order chi connectivity index (χ0) is 29.8. The van der Waals surface area contributed by atoms with Gasteiger partial charge in [-0.25, -0.2) is 0 Å². The zero-order valence-electron chi connectivity index (χ0n) is 23.4. The van der Waals surface area contributed by atoms with E-state index >= 15 is 0 Å². The maximum absolute atomic E-state index is 13.0. The number of alkyl halides is 3. The van der Waals surface area contributed by atoms with E-state index in [2.05, 4.69) is 9.17 Å². The number of ether oxygens (including phenoxy) is 4. The predicted molar refractivity (Wildman–Crippen MR) is 145 cm³/mol. The number of rotatable bonds is 10. The lowest BCUT2D eigenvalue weighted by molar-refractivity contribution is -0.0500. The molecule has 0 saturated heterocycles. The van der Waals surface area contributed by atoms with Crippen LogP contribution in [0.2, 0.25) is 0 Å². The van der Waals surface area contributed by atoms with Crippen molar-refractivity contribution in [1.82, 2.24) is 4.98 Å². The molecule has 3 rings (SSSR count). The van der Waals surface area contributed by atoms with Crippen LogP contribution in [-0.2, 0) is 16.5 Å². The van der Waals surface area contributed by atoms with Gasteiger partial charge < -0.3 is 23.1 Å². The third kappa shape index (κ3) is 8.04. The van der Waals surface area contributed by atoms with E-state index in [1.807, 2.05) is 34.6 Å². The van der Waals surface area contributed by atoms with Crippen LogP contribution in [-0.4, -0.2) is 46.3 Å². The van der Waals surface area contributed by atoms with Crippen molar-refractivity contribution in [1.29, 1.82) is 0 Å². The molecule has 0 amide bonds. The van der Waals surface area contributed by atoms with Crippen LogP contribution in [0, 0.1) is 0 Å². The summed E-state index contributed by atoms with van der Waals surface area (Å²) in [6.45, 7) is 11.9. The average molecular weight is 576 g/mol. The van der Waals surface area contributed by atoms with E-state index in [0.717, 1.165) is 5.56 Å². The van der Waals surface area contributed by atoms with Gasteiger partial charge in [-0.1, -0.05) is 33.8 Å². The van der Waals surface area contributed by atoms with Crippen LogP contribution in [0.4, 0.5) is 13.2 Å². The lowest BCUT2D eigenvalue weighted by atomic mass is 9.99. The molecule has 0 N–H and O–H groups in total. The molecule has 218 valence electrons. The highest BCUT2D eigenvalue weighted by Crippen LogP contribution is 2.42. The molecule has 0 fully saturated rings.